The number of rotatable bonds is 7. The van der Waals surface area contributed by atoms with Gasteiger partial charge in [0.15, 0.2) is 0 Å². The second-order valence-corrected chi connectivity index (χ2v) is 6.30. The fourth-order valence-electron chi connectivity index (χ4n) is 2.94. The quantitative estimate of drug-likeness (QED) is 0.669. The van der Waals surface area contributed by atoms with Crippen LogP contribution in [-0.2, 0) is 19.6 Å². The number of hydrogen-bond donors (Lipinski definition) is 0. The molecule has 0 atom stereocenters. The minimum Gasteiger partial charge on any atom is -0.298 e. The standard InChI is InChI=1S/C19H25N5/c1-4-10-23-15-18(16(2)21-23)14-22(3)13-17-7-5-8-19(12-17)24-11-6-9-20-24/h5-9,11-12,15H,4,10,13-14H2,1-3H3. The Bertz CT molecular complexity index is 773. The number of aryl methyl sites for hydroxylation is 2. The molecule has 2 aromatic heterocycles. The van der Waals surface area contributed by atoms with E-state index in [9.17, 15) is 0 Å². The van der Waals surface area contributed by atoms with Gasteiger partial charge in [-0.25, -0.2) is 4.68 Å². The molecule has 3 aromatic rings. The van der Waals surface area contributed by atoms with E-state index < -0.39 is 0 Å². The fourth-order valence-corrected chi connectivity index (χ4v) is 2.94. The molecule has 0 aliphatic heterocycles. The summed E-state index contributed by atoms with van der Waals surface area (Å²) in [5.74, 6) is 0. The number of aromatic nitrogens is 4. The van der Waals surface area contributed by atoms with Crippen molar-refractivity contribution in [3.05, 3.63) is 65.7 Å². The average molecular weight is 323 g/mol. The summed E-state index contributed by atoms with van der Waals surface area (Å²) in [6, 6.07) is 10.5. The predicted octanol–water partition coefficient (Wildman–Crippen LogP) is 3.42. The highest BCUT2D eigenvalue weighted by Crippen LogP contribution is 2.14. The molecule has 0 unspecified atom stereocenters. The summed E-state index contributed by atoms with van der Waals surface area (Å²) in [5, 5.41) is 8.89. The van der Waals surface area contributed by atoms with Gasteiger partial charge in [0.25, 0.3) is 0 Å². The van der Waals surface area contributed by atoms with Gasteiger partial charge in [-0.05, 0) is 44.2 Å². The molecular formula is C19H25N5. The van der Waals surface area contributed by atoms with Gasteiger partial charge in [-0.15, -0.1) is 0 Å². The Morgan fingerprint density at radius 1 is 1.17 bits per heavy atom. The van der Waals surface area contributed by atoms with E-state index in [1.54, 1.807) is 6.20 Å². The van der Waals surface area contributed by atoms with Gasteiger partial charge in [0.1, 0.15) is 0 Å². The normalized spacial score (nSPS) is 11.3. The van der Waals surface area contributed by atoms with Crippen LogP contribution in [0, 0.1) is 6.92 Å². The zero-order valence-electron chi connectivity index (χ0n) is 14.7. The van der Waals surface area contributed by atoms with Gasteiger partial charge in [-0.3, -0.25) is 9.58 Å². The van der Waals surface area contributed by atoms with E-state index in [2.05, 4.69) is 71.1 Å². The minimum absolute atomic E-state index is 0.896. The molecule has 0 radical (unpaired) electrons. The van der Waals surface area contributed by atoms with Crippen molar-refractivity contribution in [2.45, 2.75) is 39.9 Å². The molecule has 5 heteroatoms. The van der Waals surface area contributed by atoms with Gasteiger partial charge >= 0.3 is 0 Å². The maximum absolute atomic E-state index is 4.59. The van der Waals surface area contributed by atoms with E-state index in [1.165, 1.54) is 11.1 Å². The number of nitrogens with zero attached hydrogens (tertiary/aromatic N) is 5. The summed E-state index contributed by atoms with van der Waals surface area (Å²) >= 11 is 0. The molecule has 0 saturated heterocycles. The topological polar surface area (TPSA) is 38.9 Å². The molecule has 1 aromatic carbocycles. The molecular weight excluding hydrogens is 298 g/mol. The van der Waals surface area contributed by atoms with Gasteiger partial charge < -0.3 is 0 Å². The molecule has 0 spiro atoms. The zero-order valence-corrected chi connectivity index (χ0v) is 14.7. The van der Waals surface area contributed by atoms with Crippen LogP contribution in [0.3, 0.4) is 0 Å². The van der Waals surface area contributed by atoms with Crippen molar-refractivity contribution in [3.63, 3.8) is 0 Å². The lowest BCUT2D eigenvalue weighted by Gasteiger charge is -2.17. The maximum Gasteiger partial charge on any atom is 0.0648 e. The number of hydrogen-bond acceptors (Lipinski definition) is 3. The summed E-state index contributed by atoms with van der Waals surface area (Å²) in [4.78, 5) is 2.32. The van der Waals surface area contributed by atoms with E-state index in [-0.39, 0.29) is 0 Å². The fraction of sp³-hybridized carbons (Fsp3) is 0.368. The molecule has 0 aliphatic rings. The first kappa shape index (κ1) is 16.5. The van der Waals surface area contributed by atoms with Crippen LogP contribution < -0.4 is 0 Å². The van der Waals surface area contributed by atoms with Gasteiger partial charge in [0.05, 0.1) is 11.4 Å². The molecule has 0 saturated carbocycles. The molecule has 0 amide bonds. The Morgan fingerprint density at radius 2 is 2.04 bits per heavy atom. The van der Waals surface area contributed by atoms with E-state index in [0.29, 0.717) is 0 Å². The SMILES string of the molecule is CCCn1cc(CN(C)Cc2cccc(-n3cccn3)c2)c(C)n1. The third-order valence-corrected chi connectivity index (χ3v) is 4.07. The molecule has 3 rings (SSSR count). The highest BCUT2D eigenvalue weighted by Gasteiger charge is 2.09. The van der Waals surface area contributed by atoms with Crippen molar-refractivity contribution >= 4 is 0 Å². The molecule has 5 nitrogen and oxygen atoms in total. The summed E-state index contributed by atoms with van der Waals surface area (Å²) in [6.45, 7) is 7.05. The van der Waals surface area contributed by atoms with Crippen molar-refractivity contribution in [2.75, 3.05) is 7.05 Å². The minimum atomic E-state index is 0.896. The van der Waals surface area contributed by atoms with Crippen molar-refractivity contribution in [1.29, 1.82) is 0 Å². The molecule has 0 bridgehead atoms. The summed E-state index contributed by atoms with van der Waals surface area (Å²) in [6.07, 6.45) is 7.05. The van der Waals surface area contributed by atoms with Crippen molar-refractivity contribution in [1.82, 2.24) is 24.5 Å². The van der Waals surface area contributed by atoms with Crippen LogP contribution in [-0.4, -0.2) is 31.5 Å². The first-order valence-corrected chi connectivity index (χ1v) is 8.46. The summed E-state index contributed by atoms with van der Waals surface area (Å²) in [5.41, 5.74) is 4.80. The highest BCUT2D eigenvalue weighted by atomic mass is 15.3. The molecule has 24 heavy (non-hydrogen) atoms. The van der Waals surface area contributed by atoms with Crippen molar-refractivity contribution < 1.29 is 0 Å². The highest BCUT2D eigenvalue weighted by molar-refractivity contribution is 5.35. The van der Waals surface area contributed by atoms with Crippen LogP contribution >= 0.6 is 0 Å². The molecule has 126 valence electrons. The lowest BCUT2D eigenvalue weighted by Crippen LogP contribution is -2.17. The Labute approximate surface area is 143 Å². The van der Waals surface area contributed by atoms with E-state index >= 15 is 0 Å². The van der Waals surface area contributed by atoms with Gasteiger partial charge in [0.2, 0.25) is 0 Å². The van der Waals surface area contributed by atoms with E-state index in [4.69, 9.17) is 0 Å². The Morgan fingerprint density at radius 3 is 2.79 bits per heavy atom. The van der Waals surface area contributed by atoms with Gasteiger partial charge in [-0.2, -0.15) is 10.2 Å². The van der Waals surface area contributed by atoms with E-state index in [0.717, 1.165) is 37.4 Å². The largest absolute Gasteiger partial charge is 0.298 e. The van der Waals surface area contributed by atoms with Gasteiger partial charge in [0, 0.05) is 43.8 Å². The average Bonchev–Trinajstić information content (AvgIpc) is 3.19. The third kappa shape index (κ3) is 3.92. The number of benzene rings is 1. The smallest absolute Gasteiger partial charge is 0.0648 e. The van der Waals surface area contributed by atoms with Crippen LogP contribution in [0.1, 0.15) is 30.2 Å². The van der Waals surface area contributed by atoms with Crippen LogP contribution in [0.2, 0.25) is 0 Å². The van der Waals surface area contributed by atoms with Crippen LogP contribution in [0.25, 0.3) is 5.69 Å². The second-order valence-electron chi connectivity index (χ2n) is 6.30. The predicted molar refractivity (Wildman–Crippen MR) is 96.0 cm³/mol. The summed E-state index contributed by atoms with van der Waals surface area (Å²) in [7, 11) is 2.15. The third-order valence-electron chi connectivity index (χ3n) is 4.07. The van der Waals surface area contributed by atoms with Crippen molar-refractivity contribution in [3.8, 4) is 5.69 Å². The first-order chi connectivity index (χ1) is 11.7. The Hall–Kier alpha value is -2.40. The van der Waals surface area contributed by atoms with Gasteiger partial charge in [-0.1, -0.05) is 19.1 Å². The Kier molecular flexibility index (Phi) is 5.11. The second kappa shape index (κ2) is 7.45. The molecule has 2 heterocycles. The van der Waals surface area contributed by atoms with Crippen LogP contribution in [0.5, 0.6) is 0 Å². The van der Waals surface area contributed by atoms with Crippen LogP contribution in [0.15, 0.2) is 48.9 Å². The molecule has 0 aliphatic carbocycles. The van der Waals surface area contributed by atoms with E-state index in [1.807, 2.05) is 16.9 Å². The monoisotopic (exact) mass is 323 g/mol. The first-order valence-electron chi connectivity index (χ1n) is 8.46. The summed E-state index contributed by atoms with van der Waals surface area (Å²) < 4.78 is 3.94. The maximum atomic E-state index is 4.59. The lowest BCUT2D eigenvalue weighted by atomic mass is 10.1. The zero-order chi connectivity index (χ0) is 16.9. The Balaban J connectivity index is 1.67. The molecule has 0 N–H and O–H groups in total. The molecule has 0 fully saturated rings. The van der Waals surface area contributed by atoms with Crippen LogP contribution in [0.4, 0.5) is 0 Å². The lowest BCUT2D eigenvalue weighted by molar-refractivity contribution is 0.318. The van der Waals surface area contributed by atoms with Crippen molar-refractivity contribution in [2.24, 2.45) is 0 Å².